The summed E-state index contributed by atoms with van der Waals surface area (Å²) in [5.74, 6) is -1.18. The fourth-order valence-corrected chi connectivity index (χ4v) is 2.35. The number of carboxylic acids is 1. The van der Waals surface area contributed by atoms with Gasteiger partial charge in [-0.1, -0.05) is 24.3 Å². The van der Waals surface area contributed by atoms with Crippen molar-refractivity contribution in [3.05, 3.63) is 53.1 Å². The molecule has 0 fully saturated rings. The van der Waals surface area contributed by atoms with Crippen molar-refractivity contribution in [3.8, 4) is 0 Å². The monoisotopic (exact) mass is 316 g/mol. The first kappa shape index (κ1) is 15.6. The Hall–Kier alpha value is -1.75. The number of allylic oxidation sites excluding steroid dienone is 3. The van der Waals surface area contributed by atoms with Gasteiger partial charge in [0.1, 0.15) is 0 Å². The van der Waals surface area contributed by atoms with Gasteiger partial charge < -0.3 is 5.11 Å². The summed E-state index contributed by atoms with van der Waals surface area (Å²) >= 11 is 6.02. The Morgan fingerprint density at radius 2 is 1.86 bits per heavy atom. The highest BCUT2D eigenvalue weighted by Crippen LogP contribution is 2.38. The fourth-order valence-electron chi connectivity index (χ4n) is 2.15. The number of rotatable bonds is 2. The van der Waals surface area contributed by atoms with Crippen molar-refractivity contribution < 1.29 is 23.1 Å². The van der Waals surface area contributed by atoms with Crippen molar-refractivity contribution >= 4 is 23.1 Å². The second-order valence-electron chi connectivity index (χ2n) is 4.91. The highest BCUT2D eigenvalue weighted by atomic mass is 35.5. The first-order valence-electron chi connectivity index (χ1n) is 6.12. The molecular formula is C15H12ClF3O2. The molecular weight excluding hydrogens is 305 g/mol. The van der Waals surface area contributed by atoms with Crippen molar-refractivity contribution in [2.45, 2.75) is 24.4 Å². The average Bonchev–Trinajstić information content (AvgIpc) is 2.41. The molecule has 2 nitrogen and oxygen atoms in total. The molecule has 21 heavy (non-hydrogen) atoms. The Labute approximate surface area is 124 Å². The van der Waals surface area contributed by atoms with Gasteiger partial charge in [0.05, 0.1) is 5.56 Å². The smallest absolute Gasteiger partial charge is 0.416 e. The minimum Gasteiger partial charge on any atom is -0.480 e. The molecule has 1 aromatic carbocycles. The van der Waals surface area contributed by atoms with Gasteiger partial charge in [-0.2, -0.15) is 13.2 Å². The molecule has 1 aliphatic rings. The van der Waals surface area contributed by atoms with Gasteiger partial charge in [0.2, 0.25) is 0 Å². The molecule has 6 heteroatoms. The zero-order valence-electron chi connectivity index (χ0n) is 11.0. The van der Waals surface area contributed by atoms with Crippen LogP contribution in [0.3, 0.4) is 0 Å². The Morgan fingerprint density at radius 3 is 2.33 bits per heavy atom. The van der Waals surface area contributed by atoms with E-state index in [0.717, 1.165) is 17.7 Å². The quantitative estimate of drug-likeness (QED) is 0.816. The summed E-state index contributed by atoms with van der Waals surface area (Å²) < 4.78 is 37.6. The highest BCUT2D eigenvalue weighted by molar-refractivity contribution is 6.36. The fraction of sp³-hybridized carbons (Fsp3) is 0.267. The van der Waals surface area contributed by atoms with Crippen molar-refractivity contribution in [2.75, 3.05) is 0 Å². The molecule has 0 aliphatic heterocycles. The lowest BCUT2D eigenvalue weighted by molar-refractivity contribution is -0.139. The van der Waals surface area contributed by atoms with E-state index in [1.807, 2.05) is 0 Å². The molecule has 0 aromatic heterocycles. The maximum absolute atomic E-state index is 12.5. The second-order valence-corrected chi connectivity index (χ2v) is 5.59. The maximum atomic E-state index is 12.5. The van der Waals surface area contributed by atoms with Crippen LogP contribution in [0.25, 0.3) is 5.57 Å². The zero-order valence-corrected chi connectivity index (χ0v) is 11.8. The summed E-state index contributed by atoms with van der Waals surface area (Å²) in [6.45, 7) is 1.77. The minimum atomic E-state index is -4.40. The molecule has 0 saturated carbocycles. The highest BCUT2D eigenvalue weighted by Gasteiger charge is 2.37. The van der Waals surface area contributed by atoms with E-state index in [4.69, 9.17) is 16.7 Å². The Balaban J connectivity index is 2.37. The number of alkyl halides is 4. The zero-order chi connectivity index (χ0) is 15.8. The number of hydrogen-bond acceptors (Lipinski definition) is 1. The van der Waals surface area contributed by atoms with E-state index >= 15 is 0 Å². The second kappa shape index (κ2) is 5.22. The Bertz CT molecular complexity index is 629. The molecule has 0 radical (unpaired) electrons. The van der Waals surface area contributed by atoms with E-state index in [1.165, 1.54) is 18.2 Å². The Morgan fingerprint density at radius 1 is 1.29 bits per heavy atom. The van der Waals surface area contributed by atoms with Gasteiger partial charge >= 0.3 is 12.1 Å². The normalized spacial score (nSPS) is 22.5. The summed E-state index contributed by atoms with van der Waals surface area (Å²) in [6.07, 6.45) is -1.40. The lowest BCUT2D eigenvalue weighted by Crippen LogP contribution is -2.32. The van der Waals surface area contributed by atoms with Crippen molar-refractivity contribution in [3.63, 3.8) is 0 Å². The van der Waals surface area contributed by atoms with Crippen LogP contribution in [0.15, 0.2) is 42.0 Å². The van der Waals surface area contributed by atoms with Crippen molar-refractivity contribution in [1.29, 1.82) is 0 Å². The summed E-state index contributed by atoms with van der Waals surface area (Å²) in [7, 11) is 0. The van der Waals surface area contributed by atoms with E-state index in [-0.39, 0.29) is 6.42 Å². The SMILES string of the molecule is CC1=C(c2ccc(C(F)(F)F)cc2)CC(Cl)(C(=O)O)C=C1. The first-order valence-corrected chi connectivity index (χ1v) is 6.50. The van der Waals surface area contributed by atoms with Crippen LogP contribution in [0.2, 0.25) is 0 Å². The van der Waals surface area contributed by atoms with Crippen LogP contribution >= 0.6 is 11.6 Å². The van der Waals surface area contributed by atoms with Gasteiger partial charge in [0, 0.05) is 6.42 Å². The Kier molecular flexibility index (Phi) is 3.89. The molecule has 1 unspecified atom stereocenters. The molecule has 0 spiro atoms. The molecule has 0 bridgehead atoms. The average molecular weight is 317 g/mol. The molecule has 0 heterocycles. The van der Waals surface area contributed by atoms with Crippen LogP contribution in [-0.2, 0) is 11.0 Å². The molecule has 0 saturated heterocycles. The molecule has 0 amide bonds. The van der Waals surface area contributed by atoms with Crippen molar-refractivity contribution in [2.24, 2.45) is 0 Å². The molecule has 1 atom stereocenters. The molecule has 1 N–H and O–H groups in total. The number of carboxylic acid groups (broad SMARTS) is 1. The van der Waals surface area contributed by atoms with E-state index in [1.54, 1.807) is 13.0 Å². The third kappa shape index (κ3) is 3.13. The summed E-state index contributed by atoms with van der Waals surface area (Å²) in [5.41, 5.74) is 1.21. The molecule has 1 aliphatic carbocycles. The van der Waals surface area contributed by atoms with Crippen LogP contribution in [0.5, 0.6) is 0 Å². The lowest BCUT2D eigenvalue weighted by atomic mass is 9.85. The number of hydrogen-bond donors (Lipinski definition) is 1. The number of benzene rings is 1. The summed E-state index contributed by atoms with van der Waals surface area (Å²) in [6, 6.07) is 4.62. The molecule has 112 valence electrons. The van der Waals surface area contributed by atoms with Crippen LogP contribution in [0, 0.1) is 0 Å². The predicted molar refractivity (Wildman–Crippen MR) is 74.0 cm³/mol. The maximum Gasteiger partial charge on any atom is 0.416 e. The van der Waals surface area contributed by atoms with Gasteiger partial charge in [0.25, 0.3) is 0 Å². The van der Waals surface area contributed by atoms with Gasteiger partial charge in [-0.15, -0.1) is 11.6 Å². The summed E-state index contributed by atoms with van der Waals surface area (Å²) in [4.78, 5) is 9.63. The standard InChI is InChI=1S/C15H12ClF3O2/c1-9-6-7-14(16,13(20)21)8-12(9)10-2-4-11(5-3-10)15(17,18)19/h2-7H,8H2,1H3,(H,20,21). The number of halogens is 4. The van der Waals surface area contributed by atoms with Crippen LogP contribution in [-0.4, -0.2) is 16.0 Å². The van der Waals surface area contributed by atoms with Gasteiger partial charge in [-0.25, -0.2) is 4.79 Å². The van der Waals surface area contributed by atoms with Crippen LogP contribution < -0.4 is 0 Å². The largest absolute Gasteiger partial charge is 0.480 e. The lowest BCUT2D eigenvalue weighted by Gasteiger charge is -2.25. The predicted octanol–water partition coefficient (Wildman–Crippen LogP) is 4.50. The third-order valence-electron chi connectivity index (χ3n) is 3.42. The van der Waals surface area contributed by atoms with E-state index in [2.05, 4.69) is 0 Å². The minimum absolute atomic E-state index is 0.0254. The molecule has 2 rings (SSSR count). The topological polar surface area (TPSA) is 37.3 Å². The first-order chi connectivity index (χ1) is 9.63. The number of carbonyl (C=O) groups is 1. The van der Waals surface area contributed by atoms with E-state index in [9.17, 15) is 18.0 Å². The van der Waals surface area contributed by atoms with E-state index in [0.29, 0.717) is 11.1 Å². The van der Waals surface area contributed by atoms with Crippen LogP contribution in [0.1, 0.15) is 24.5 Å². The summed E-state index contributed by atoms with van der Waals surface area (Å²) in [5, 5.41) is 9.14. The third-order valence-corrected chi connectivity index (χ3v) is 3.85. The van der Waals surface area contributed by atoms with Crippen molar-refractivity contribution in [1.82, 2.24) is 0 Å². The number of aliphatic carboxylic acids is 1. The van der Waals surface area contributed by atoms with Gasteiger partial charge in [-0.3, -0.25) is 0 Å². The van der Waals surface area contributed by atoms with Gasteiger partial charge in [-0.05, 0) is 35.8 Å². The van der Waals surface area contributed by atoms with E-state index < -0.39 is 22.6 Å². The van der Waals surface area contributed by atoms with Gasteiger partial charge in [0.15, 0.2) is 4.87 Å². The molecule has 1 aromatic rings. The van der Waals surface area contributed by atoms with Crippen LogP contribution in [0.4, 0.5) is 13.2 Å².